The molecule has 0 radical (unpaired) electrons. The Bertz CT molecular complexity index is 475. The molecule has 0 aliphatic heterocycles. The molecule has 1 fully saturated rings. The van der Waals surface area contributed by atoms with Gasteiger partial charge in [-0.2, -0.15) is 0 Å². The lowest BCUT2D eigenvalue weighted by molar-refractivity contribution is -0.118. The summed E-state index contributed by atoms with van der Waals surface area (Å²) in [6, 6.07) is 7.72. The molecule has 1 saturated carbocycles. The molecule has 0 bridgehead atoms. The van der Waals surface area contributed by atoms with Crippen molar-refractivity contribution in [2.24, 2.45) is 11.3 Å². The predicted molar refractivity (Wildman–Crippen MR) is 55.7 cm³/mol. The van der Waals surface area contributed by atoms with E-state index in [-0.39, 0.29) is 22.9 Å². The summed E-state index contributed by atoms with van der Waals surface area (Å²) >= 11 is 0. The molecule has 0 unspecified atom stereocenters. The molecular weight excluding hydrogens is 188 g/mol. The lowest BCUT2D eigenvalue weighted by atomic mass is 9.97. The number of carbonyl (C=O) groups excluding carboxylic acids is 2. The van der Waals surface area contributed by atoms with E-state index < -0.39 is 0 Å². The van der Waals surface area contributed by atoms with Crippen LogP contribution in [0.1, 0.15) is 29.3 Å². The number of Topliss-reactive ketones (excluding diaryl/α,β-unsaturated/α-hetero) is 2. The molecule has 0 amide bonds. The Labute approximate surface area is 88.3 Å². The SMILES string of the molecule is CC(=O)[C@H]1C[C@]12Cc1ccccc1C2=O. The first-order valence-corrected chi connectivity index (χ1v) is 5.28. The highest BCUT2D eigenvalue weighted by atomic mass is 16.1. The van der Waals surface area contributed by atoms with Crippen molar-refractivity contribution in [2.75, 3.05) is 0 Å². The number of hydrogen-bond donors (Lipinski definition) is 0. The van der Waals surface area contributed by atoms with Gasteiger partial charge in [0.2, 0.25) is 0 Å². The van der Waals surface area contributed by atoms with E-state index in [1.807, 2.05) is 24.3 Å². The van der Waals surface area contributed by atoms with Crippen LogP contribution in [0.15, 0.2) is 24.3 Å². The molecule has 1 spiro atoms. The van der Waals surface area contributed by atoms with Crippen molar-refractivity contribution in [3.05, 3.63) is 35.4 Å². The van der Waals surface area contributed by atoms with E-state index in [0.29, 0.717) is 0 Å². The highest BCUT2D eigenvalue weighted by molar-refractivity contribution is 6.10. The molecule has 2 aliphatic rings. The summed E-state index contributed by atoms with van der Waals surface area (Å²) in [6.45, 7) is 1.59. The van der Waals surface area contributed by atoms with Gasteiger partial charge in [-0.25, -0.2) is 0 Å². The first-order valence-electron chi connectivity index (χ1n) is 5.28. The average Bonchev–Trinajstić information content (AvgIpc) is 2.86. The van der Waals surface area contributed by atoms with Crippen LogP contribution in [0.3, 0.4) is 0 Å². The Morgan fingerprint density at radius 3 is 2.73 bits per heavy atom. The van der Waals surface area contributed by atoms with E-state index >= 15 is 0 Å². The quantitative estimate of drug-likeness (QED) is 0.695. The maximum atomic E-state index is 12.1. The molecule has 15 heavy (non-hydrogen) atoms. The molecule has 0 N–H and O–H groups in total. The molecule has 0 aromatic heterocycles. The third-order valence-electron chi connectivity index (χ3n) is 3.79. The maximum absolute atomic E-state index is 12.1. The van der Waals surface area contributed by atoms with Gasteiger partial charge in [-0.1, -0.05) is 24.3 Å². The predicted octanol–water partition coefficient (Wildman–Crippen LogP) is 2.02. The lowest BCUT2D eigenvalue weighted by Gasteiger charge is -2.03. The van der Waals surface area contributed by atoms with Gasteiger partial charge in [0.15, 0.2) is 5.78 Å². The zero-order valence-electron chi connectivity index (χ0n) is 8.62. The van der Waals surface area contributed by atoms with E-state index in [0.717, 1.165) is 24.0 Å². The smallest absolute Gasteiger partial charge is 0.170 e. The molecule has 1 aromatic carbocycles. The molecular formula is C13H12O2. The number of hydrogen-bond acceptors (Lipinski definition) is 2. The Morgan fingerprint density at radius 1 is 1.40 bits per heavy atom. The second kappa shape index (κ2) is 2.57. The van der Waals surface area contributed by atoms with Gasteiger partial charge in [0.25, 0.3) is 0 Å². The van der Waals surface area contributed by atoms with E-state index in [1.54, 1.807) is 6.92 Å². The van der Waals surface area contributed by atoms with Crippen LogP contribution in [0.4, 0.5) is 0 Å². The molecule has 1 aromatic rings. The van der Waals surface area contributed by atoms with Crippen LogP contribution < -0.4 is 0 Å². The number of benzene rings is 1. The molecule has 2 aliphatic carbocycles. The highest BCUT2D eigenvalue weighted by Gasteiger charge is 2.64. The minimum Gasteiger partial charge on any atom is -0.300 e. The fourth-order valence-electron chi connectivity index (χ4n) is 2.87. The van der Waals surface area contributed by atoms with Crippen LogP contribution >= 0.6 is 0 Å². The van der Waals surface area contributed by atoms with Gasteiger partial charge in [0.1, 0.15) is 5.78 Å². The van der Waals surface area contributed by atoms with Gasteiger partial charge in [-0.05, 0) is 25.3 Å². The summed E-state index contributed by atoms with van der Waals surface area (Å²) in [5.74, 6) is 0.340. The first kappa shape index (κ1) is 8.84. The second-order valence-corrected chi connectivity index (χ2v) is 4.69. The largest absolute Gasteiger partial charge is 0.300 e. The van der Waals surface area contributed by atoms with Gasteiger partial charge < -0.3 is 0 Å². The summed E-state index contributed by atoms with van der Waals surface area (Å²) in [4.78, 5) is 23.5. The monoisotopic (exact) mass is 200 g/mol. The van der Waals surface area contributed by atoms with E-state index in [2.05, 4.69) is 0 Å². The van der Waals surface area contributed by atoms with Crippen molar-refractivity contribution in [2.45, 2.75) is 19.8 Å². The van der Waals surface area contributed by atoms with Crippen molar-refractivity contribution >= 4 is 11.6 Å². The maximum Gasteiger partial charge on any atom is 0.170 e. The van der Waals surface area contributed by atoms with Crippen LogP contribution in [0.2, 0.25) is 0 Å². The summed E-state index contributed by atoms with van der Waals surface area (Å²) in [5, 5.41) is 0. The van der Waals surface area contributed by atoms with Crippen molar-refractivity contribution in [3.8, 4) is 0 Å². The number of rotatable bonds is 1. The Kier molecular flexibility index (Phi) is 1.51. The van der Waals surface area contributed by atoms with Crippen LogP contribution in [0.25, 0.3) is 0 Å². The van der Waals surface area contributed by atoms with Gasteiger partial charge in [-0.15, -0.1) is 0 Å². The first-order chi connectivity index (χ1) is 7.15. The molecule has 2 heteroatoms. The average molecular weight is 200 g/mol. The van der Waals surface area contributed by atoms with Gasteiger partial charge in [0.05, 0.1) is 0 Å². The van der Waals surface area contributed by atoms with E-state index in [4.69, 9.17) is 0 Å². The minimum absolute atomic E-state index is 0.0163. The Balaban J connectivity index is 2.02. The number of ketones is 2. The van der Waals surface area contributed by atoms with Crippen molar-refractivity contribution in [1.82, 2.24) is 0 Å². The Morgan fingerprint density at radius 2 is 2.13 bits per heavy atom. The van der Waals surface area contributed by atoms with Crippen molar-refractivity contribution in [1.29, 1.82) is 0 Å². The topological polar surface area (TPSA) is 34.1 Å². The number of carbonyl (C=O) groups is 2. The van der Waals surface area contributed by atoms with Crippen LogP contribution in [0.5, 0.6) is 0 Å². The summed E-state index contributed by atoms with van der Waals surface area (Å²) < 4.78 is 0. The van der Waals surface area contributed by atoms with Gasteiger partial charge in [0, 0.05) is 16.9 Å². The fourth-order valence-corrected chi connectivity index (χ4v) is 2.87. The molecule has 76 valence electrons. The minimum atomic E-state index is -0.338. The third-order valence-corrected chi connectivity index (χ3v) is 3.79. The van der Waals surface area contributed by atoms with Crippen LogP contribution in [0, 0.1) is 11.3 Å². The normalized spacial score (nSPS) is 31.8. The van der Waals surface area contributed by atoms with Gasteiger partial charge >= 0.3 is 0 Å². The molecule has 3 rings (SSSR count). The zero-order chi connectivity index (χ0) is 10.6. The fraction of sp³-hybridized carbons (Fsp3) is 0.385. The van der Waals surface area contributed by atoms with E-state index in [1.165, 1.54) is 0 Å². The zero-order valence-corrected chi connectivity index (χ0v) is 8.62. The van der Waals surface area contributed by atoms with Gasteiger partial charge in [-0.3, -0.25) is 9.59 Å². The lowest BCUT2D eigenvalue weighted by Crippen LogP contribution is -2.15. The second-order valence-electron chi connectivity index (χ2n) is 4.69. The highest BCUT2D eigenvalue weighted by Crippen LogP contribution is 2.60. The van der Waals surface area contributed by atoms with E-state index in [9.17, 15) is 9.59 Å². The van der Waals surface area contributed by atoms with Crippen LogP contribution in [-0.2, 0) is 11.2 Å². The van der Waals surface area contributed by atoms with Crippen molar-refractivity contribution < 1.29 is 9.59 Å². The molecule has 0 saturated heterocycles. The third kappa shape index (κ3) is 0.993. The summed E-state index contributed by atoms with van der Waals surface area (Å²) in [6.07, 6.45) is 1.53. The standard InChI is InChI=1S/C13H12O2/c1-8(14)11-7-13(11)6-9-4-2-3-5-10(9)12(13)15/h2-5,11H,6-7H2,1H3/t11-,13-/m1/s1. The summed E-state index contributed by atoms with van der Waals surface area (Å²) in [5.41, 5.74) is 1.61. The molecule has 0 heterocycles. The molecule has 2 atom stereocenters. The van der Waals surface area contributed by atoms with Crippen LogP contribution in [-0.4, -0.2) is 11.6 Å². The molecule has 2 nitrogen and oxygen atoms in total. The Hall–Kier alpha value is -1.44. The number of fused-ring (bicyclic) bond motifs is 1. The van der Waals surface area contributed by atoms with Crippen molar-refractivity contribution in [3.63, 3.8) is 0 Å². The summed E-state index contributed by atoms with van der Waals surface area (Å²) in [7, 11) is 0.